The van der Waals surface area contributed by atoms with Gasteiger partial charge in [-0.25, -0.2) is 4.79 Å². The van der Waals surface area contributed by atoms with E-state index in [4.69, 9.17) is 5.11 Å². The summed E-state index contributed by atoms with van der Waals surface area (Å²) in [7, 11) is 0. The van der Waals surface area contributed by atoms with Crippen molar-refractivity contribution in [2.45, 2.75) is 56.7 Å². The van der Waals surface area contributed by atoms with Gasteiger partial charge in [0.15, 0.2) is 0 Å². The van der Waals surface area contributed by atoms with Gasteiger partial charge in [-0.1, -0.05) is 13.0 Å². The second-order valence-electron chi connectivity index (χ2n) is 8.30. The number of carbonyl (C=O) groups excluding carboxylic acids is 2. The number of nitrogens with one attached hydrogen (secondary N) is 1. The number of likely N-dealkylation sites (tertiary alicyclic amines) is 1. The van der Waals surface area contributed by atoms with Crippen LogP contribution < -0.4 is 5.32 Å². The van der Waals surface area contributed by atoms with Gasteiger partial charge in [0, 0.05) is 37.4 Å². The smallest absolute Gasteiger partial charge is 0.405 e. The Bertz CT molecular complexity index is 765. The van der Waals surface area contributed by atoms with Crippen molar-refractivity contribution >= 4 is 17.9 Å². The summed E-state index contributed by atoms with van der Waals surface area (Å²) in [4.78, 5) is 44.9. The zero-order valence-corrected chi connectivity index (χ0v) is 16.0. The highest BCUT2D eigenvalue weighted by molar-refractivity contribution is 5.92. The molecule has 4 atom stereocenters. The summed E-state index contributed by atoms with van der Waals surface area (Å²) in [5.74, 6) is 0.247. The Morgan fingerprint density at radius 2 is 2.04 bits per heavy atom. The average molecular weight is 386 g/mol. The van der Waals surface area contributed by atoms with Crippen LogP contribution in [0.25, 0.3) is 0 Å². The molecule has 3 aliphatic rings. The van der Waals surface area contributed by atoms with Gasteiger partial charge in [0.1, 0.15) is 12.1 Å². The number of rotatable bonds is 3. The van der Waals surface area contributed by atoms with Gasteiger partial charge in [-0.15, -0.1) is 0 Å². The molecule has 0 radical (unpaired) electrons. The number of amides is 3. The van der Waals surface area contributed by atoms with Gasteiger partial charge in [-0.2, -0.15) is 0 Å². The Balaban J connectivity index is 1.45. The van der Waals surface area contributed by atoms with Crippen LogP contribution in [0.3, 0.4) is 0 Å². The number of hydrogen-bond donors (Lipinski definition) is 2. The molecule has 0 aromatic carbocycles. The molecule has 2 N–H and O–H groups in total. The van der Waals surface area contributed by atoms with Crippen LogP contribution in [0.5, 0.6) is 0 Å². The van der Waals surface area contributed by atoms with Crippen LogP contribution in [0.1, 0.15) is 44.1 Å². The van der Waals surface area contributed by atoms with E-state index in [9.17, 15) is 14.4 Å². The van der Waals surface area contributed by atoms with Crippen molar-refractivity contribution in [3.05, 3.63) is 30.1 Å². The molecular formula is C20H26N4O4. The minimum atomic E-state index is -1.20. The van der Waals surface area contributed by atoms with Crippen molar-refractivity contribution in [3.8, 4) is 0 Å². The molecular weight excluding hydrogens is 360 g/mol. The number of pyridine rings is 1. The second-order valence-corrected chi connectivity index (χ2v) is 8.30. The minimum absolute atomic E-state index is 0.0142. The molecule has 28 heavy (non-hydrogen) atoms. The highest BCUT2D eigenvalue weighted by Gasteiger charge is 2.48. The Morgan fingerprint density at radius 1 is 1.25 bits per heavy atom. The molecule has 150 valence electrons. The van der Waals surface area contributed by atoms with Gasteiger partial charge < -0.3 is 20.2 Å². The van der Waals surface area contributed by atoms with Crippen molar-refractivity contribution in [1.82, 2.24) is 20.1 Å². The maximum absolute atomic E-state index is 13.1. The summed E-state index contributed by atoms with van der Waals surface area (Å²) in [6, 6.07) is 2.69. The highest BCUT2D eigenvalue weighted by Crippen LogP contribution is 2.36. The first-order valence-corrected chi connectivity index (χ1v) is 9.94. The molecule has 4 rings (SSSR count). The number of hydrogen-bond acceptors (Lipinski definition) is 4. The fourth-order valence-corrected chi connectivity index (χ4v) is 4.90. The zero-order valence-electron chi connectivity index (χ0n) is 16.0. The summed E-state index contributed by atoms with van der Waals surface area (Å²) in [5, 5.41) is 11.4. The summed E-state index contributed by atoms with van der Waals surface area (Å²) < 4.78 is 0. The lowest BCUT2D eigenvalue weighted by Gasteiger charge is -2.42. The molecule has 1 aromatic rings. The largest absolute Gasteiger partial charge is 0.465 e. The first-order chi connectivity index (χ1) is 13.4. The summed E-state index contributed by atoms with van der Waals surface area (Å²) in [6.45, 7) is 3.32. The molecule has 0 spiro atoms. The van der Waals surface area contributed by atoms with E-state index in [1.165, 1.54) is 0 Å². The van der Waals surface area contributed by atoms with Crippen LogP contribution in [-0.2, 0) is 9.59 Å². The van der Waals surface area contributed by atoms with E-state index in [2.05, 4.69) is 10.3 Å². The lowest BCUT2D eigenvalue weighted by Crippen LogP contribution is -2.58. The van der Waals surface area contributed by atoms with Gasteiger partial charge in [-0.3, -0.25) is 14.6 Å². The van der Waals surface area contributed by atoms with Crippen LogP contribution in [0.15, 0.2) is 24.5 Å². The average Bonchev–Trinajstić information content (AvgIpc) is 2.98. The van der Waals surface area contributed by atoms with Crippen LogP contribution in [0, 0.1) is 5.92 Å². The molecule has 3 amide bonds. The van der Waals surface area contributed by atoms with Crippen molar-refractivity contribution in [1.29, 1.82) is 0 Å². The zero-order chi connectivity index (χ0) is 19.8. The maximum atomic E-state index is 13.1. The standard InChI is InChI=1S/C20H26N4O4/c1-12-7-15-4-5-17(24(15)18(25)16(8-12)22-20(27)28)19(26)23-10-14(11-23)13-3-2-6-21-9-13/h2-3,6,9,12,14-17,22H,4-5,7-8,10-11H2,1H3,(H,27,28)/t12-,15+,16-,17-/m0/s1. The fraction of sp³-hybridized carbons (Fsp3) is 0.600. The van der Waals surface area contributed by atoms with E-state index < -0.39 is 18.2 Å². The second kappa shape index (κ2) is 7.41. The van der Waals surface area contributed by atoms with Crippen LogP contribution in [0.4, 0.5) is 4.79 Å². The summed E-state index contributed by atoms with van der Waals surface area (Å²) in [6.07, 6.45) is 5.10. The van der Waals surface area contributed by atoms with E-state index >= 15 is 0 Å². The lowest BCUT2D eigenvalue weighted by molar-refractivity contribution is -0.148. The summed E-state index contributed by atoms with van der Waals surface area (Å²) >= 11 is 0. The van der Waals surface area contributed by atoms with Gasteiger partial charge in [-0.05, 0) is 43.2 Å². The first kappa shape index (κ1) is 18.7. The molecule has 0 unspecified atom stereocenters. The molecule has 0 bridgehead atoms. The van der Waals surface area contributed by atoms with Crippen LogP contribution >= 0.6 is 0 Å². The van der Waals surface area contributed by atoms with E-state index in [1.54, 1.807) is 11.1 Å². The van der Waals surface area contributed by atoms with Crippen molar-refractivity contribution < 1.29 is 19.5 Å². The SMILES string of the molecule is C[C@H]1C[C@H]2CC[C@@H](C(=O)N3CC(c4cccnc4)C3)N2C(=O)[C@@H](NC(=O)O)C1. The van der Waals surface area contributed by atoms with E-state index in [0.717, 1.165) is 18.4 Å². The van der Waals surface area contributed by atoms with Gasteiger partial charge in [0.2, 0.25) is 11.8 Å². The van der Waals surface area contributed by atoms with Crippen molar-refractivity contribution in [3.63, 3.8) is 0 Å². The predicted molar refractivity (Wildman–Crippen MR) is 101 cm³/mol. The van der Waals surface area contributed by atoms with Crippen LogP contribution in [0.2, 0.25) is 0 Å². The molecule has 8 heteroatoms. The molecule has 8 nitrogen and oxygen atoms in total. The van der Waals surface area contributed by atoms with E-state index in [-0.39, 0.29) is 29.7 Å². The Labute approximate surface area is 163 Å². The number of nitrogens with zero attached hydrogens (tertiary/aromatic N) is 3. The highest BCUT2D eigenvalue weighted by atomic mass is 16.4. The maximum Gasteiger partial charge on any atom is 0.405 e. The molecule has 4 heterocycles. The monoisotopic (exact) mass is 386 g/mol. The number of carboxylic acid groups (broad SMARTS) is 1. The first-order valence-electron chi connectivity index (χ1n) is 9.94. The molecule has 1 aromatic heterocycles. The molecule has 0 saturated carbocycles. The Morgan fingerprint density at radius 3 is 2.71 bits per heavy atom. The minimum Gasteiger partial charge on any atom is -0.465 e. The van der Waals surface area contributed by atoms with Gasteiger partial charge >= 0.3 is 6.09 Å². The number of aromatic nitrogens is 1. The van der Waals surface area contributed by atoms with Crippen molar-refractivity contribution in [2.75, 3.05) is 13.1 Å². The Kier molecular flexibility index (Phi) is 4.95. The van der Waals surface area contributed by atoms with E-state index in [1.807, 2.05) is 30.2 Å². The molecule has 3 fully saturated rings. The third-order valence-electron chi connectivity index (χ3n) is 6.30. The predicted octanol–water partition coefficient (Wildman–Crippen LogP) is 1.43. The fourth-order valence-electron chi connectivity index (χ4n) is 4.90. The number of fused-ring (bicyclic) bond motifs is 1. The summed E-state index contributed by atoms with van der Waals surface area (Å²) in [5.41, 5.74) is 1.13. The molecule has 3 aliphatic heterocycles. The normalized spacial score (nSPS) is 30.4. The molecule has 0 aliphatic carbocycles. The molecule has 3 saturated heterocycles. The van der Waals surface area contributed by atoms with Gasteiger partial charge in [0.25, 0.3) is 0 Å². The number of carbonyl (C=O) groups is 3. The Hall–Kier alpha value is -2.64. The van der Waals surface area contributed by atoms with Gasteiger partial charge in [0.05, 0.1) is 0 Å². The topological polar surface area (TPSA) is 103 Å². The van der Waals surface area contributed by atoms with E-state index in [0.29, 0.717) is 25.9 Å². The van der Waals surface area contributed by atoms with Crippen LogP contribution in [-0.4, -0.2) is 69.0 Å². The quantitative estimate of drug-likeness (QED) is 0.818. The van der Waals surface area contributed by atoms with Crippen molar-refractivity contribution in [2.24, 2.45) is 5.92 Å². The lowest BCUT2D eigenvalue weighted by atomic mass is 9.91. The third kappa shape index (κ3) is 3.43. The third-order valence-corrected chi connectivity index (χ3v) is 6.30.